The van der Waals surface area contributed by atoms with Crippen molar-refractivity contribution in [2.24, 2.45) is 0 Å². The van der Waals surface area contributed by atoms with E-state index < -0.39 is 9.84 Å². The molecule has 0 saturated heterocycles. The summed E-state index contributed by atoms with van der Waals surface area (Å²) in [5.74, 6) is 0. The number of nitrogens with one attached hydrogen (secondary N) is 1. The number of sulfone groups is 1. The van der Waals surface area contributed by atoms with Crippen LogP contribution in [0.5, 0.6) is 0 Å². The number of halogens is 1. The molecule has 1 fully saturated rings. The first-order valence-corrected chi connectivity index (χ1v) is 8.89. The fraction of sp³-hybridized carbons (Fsp3) is 0.500. The van der Waals surface area contributed by atoms with Gasteiger partial charge in [0.15, 0.2) is 0 Å². The molecule has 1 aromatic rings. The summed E-state index contributed by atoms with van der Waals surface area (Å²) in [6.07, 6.45) is 4.32. The highest BCUT2D eigenvalue weighted by Gasteiger charge is 2.29. The standard InChI is InChI=1S/C14H17ClN2O2S/c1-20(18,19)12-6-3-5-11(8-12)17-14-10(9-16)4-2-7-13(14)15/h2,4,7,11-12,17H,3,5-6,8H2,1H3/t11-,12+/m0/s1. The molecule has 1 aliphatic rings. The number of rotatable bonds is 3. The van der Waals surface area contributed by atoms with Crippen molar-refractivity contribution in [3.63, 3.8) is 0 Å². The normalized spacial score (nSPS) is 23.1. The predicted octanol–water partition coefficient (Wildman–Crippen LogP) is 2.98. The Morgan fingerprint density at radius 1 is 1.40 bits per heavy atom. The quantitative estimate of drug-likeness (QED) is 0.931. The highest BCUT2D eigenvalue weighted by atomic mass is 35.5. The van der Waals surface area contributed by atoms with E-state index in [2.05, 4.69) is 11.4 Å². The van der Waals surface area contributed by atoms with Gasteiger partial charge < -0.3 is 5.32 Å². The molecule has 6 heteroatoms. The van der Waals surface area contributed by atoms with Crippen molar-refractivity contribution in [1.29, 1.82) is 5.26 Å². The van der Waals surface area contributed by atoms with Gasteiger partial charge >= 0.3 is 0 Å². The molecular formula is C14H17ClN2O2S. The van der Waals surface area contributed by atoms with Crippen LogP contribution in [0.1, 0.15) is 31.2 Å². The van der Waals surface area contributed by atoms with Crippen LogP contribution in [-0.2, 0) is 9.84 Å². The van der Waals surface area contributed by atoms with Gasteiger partial charge in [-0.2, -0.15) is 5.26 Å². The van der Waals surface area contributed by atoms with Gasteiger partial charge in [-0.25, -0.2) is 8.42 Å². The molecule has 1 N–H and O–H groups in total. The summed E-state index contributed by atoms with van der Waals surface area (Å²) in [7, 11) is -3.01. The number of anilines is 1. The van der Waals surface area contributed by atoms with Crippen molar-refractivity contribution in [1.82, 2.24) is 0 Å². The maximum absolute atomic E-state index is 11.7. The second-order valence-corrected chi connectivity index (χ2v) is 7.97. The Hall–Kier alpha value is -1.25. The summed E-state index contributed by atoms with van der Waals surface area (Å²) in [4.78, 5) is 0. The number of nitriles is 1. The first kappa shape index (κ1) is 15.1. The molecule has 1 aliphatic carbocycles. The van der Waals surface area contributed by atoms with Crippen LogP contribution in [0.25, 0.3) is 0 Å². The predicted molar refractivity (Wildman–Crippen MR) is 80.7 cm³/mol. The molecule has 4 nitrogen and oxygen atoms in total. The summed E-state index contributed by atoms with van der Waals surface area (Å²) in [6, 6.07) is 7.29. The molecule has 0 heterocycles. The fourth-order valence-electron chi connectivity index (χ4n) is 2.63. The van der Waals surface area contributed by atoms with Gasteiger partial charge in [0.05, 0.1) is 21.5 Å². The summed E-state index contributed by atoms with van der Waals surface area (Å²) < 4.78 is 23.3. The average molecular weight is 313 g/mol. The Morgan fingerprint density at radius 2 is 2.15 bits per heavy atom. The number of benzene rings is 1. The van der Waals surface area contributed by atoms with Crippen molar-refractivity contribution >= 4 is 27.1 Å². The van der Waals surface area contributed by atoms with Crippen LogP contribution in [0, 0.1) is 11.3 Å². The van der Waals surface area contributed by atoms with Crippen molar-refractivity contribution in [3.05, 3.63) is 28.8 Å². The molecule has 1 saturated carbocycles. The zero-order valence-corrected chi connectivity index (χ0v) is 12.8. The lowest BCUT2D eigenvalue weighted by atomic mass is 9.94. The second-order valence-electron chi connectivity index (χ2n) is 5.23. The summed E-state index contributed by atoms with van der Waals surface area (Å²) in [6.45, 7) is 0. The van der Waals surface area contributed by atoms with Gasteiger partial charge in [-0.1, -0.05) is 24.1 Å². The van der Waals surface area contributed by atoms with E-state index in [1.54, 1.807) is 18.2 Å². The summed E-state index contributed by atoms with van der Waals surface area (Å²) in [5.41, 5.74) is 1.09. The molecule has 0 amide bonds. The maximum Gasteiger partial charge on any atom is 0.150 e. The SMILES string of the molecule is CS(=O)(=O)[C@@H]1CCC[C@H](Nc2c(Cl)cccc2C#N)C1. The fourth-order valence-corrected chi connectivity index (χ4v) is 4.04. The highest BCUT2D eigenvalue weighted by molar-refractivity contribution is 7.91. The Balaban J connectivity index is 2.17. The zero-order valence-electron chi connectivity index (χ0n) is 11.3. The summed E-state index contributed by atoms with van der Waals surface area (Å²) >= 11 is 6.12. The molecule has 0 aliphatic heterocycles. The largest absolute Gasteiger partial charge is 0.380 e. The smallest absolute Gasteiger partial charge is 0.150 e. The third kappa shape index (κ3) is 3.44. The average Bonchev–Trinajstić information content (AvgIpc) is 2.40. The summed E-state index contributed by atoms with van der Waals surface area (Å²) in [5, 5.41) is 12.5. The molecule has 0 radical (unpaired) electrons. The first-order valence-electron chi connectivity index (χ1n) is 6.56. The van der Waals surface area contributed by atoms with E-state index in [0.717, 1.165) is 12.8 Å². The van der Waals surface area contributed by atoms with Crippen LogP contribution in [0.4, 0.5) is 5.69 Å². The first-order chi connectivity index (χ1) is 9.41. The molecule has 2 rings (SSSR count). The lowest BCUT2D eigenvalue weighted by Gasteiger charge is -2.29. The van der Waals surface area contributed by atoms with Gasteiger partial charge in [-0.05, 0) is 31.4 Å². The van der Waals surface area contributed by atoms with Crippen LogP contribution in [-0.4, -0.2) is 26.0 Å². The van der Waals surface area contributed by atoms with Crippen molar-refractivity contribution < 1.29 is 8.42 Å². The van der Waals surface area contributed by atoms with E-state index in [4.69, 9.17) is 16.9 Å². The number of para-hydroxylation sites is 1. The van der Waals surface area contributed by atoms with Crippen molar-refractivity contribution in [2.45, 2.75) is 37.0 Å². The van der Waals surface area contributed by atoms with Crippen LogP contribution in [0.15, 0.2) is 18.2 Å². The third-order valence-electron chi connectivity index (χ3n) is 3.71. The molecule has 0 aromatic heterocycles. The Kier molecular flexibility index (Phi) is 4.56. The topological polar surface area (TPSA) is 70.0 Å². The molecule has 2 atom stereocenters. The molecule has 108 valence electrons. The highest BCUT2D eigenvalue weighted by Crippen LogP contribution is 2.31. The lowest BCUT2D eigenvalue weighted by Crippen LogP contribution is -2.34. The Bertz CT molecular complexity index is 637. The minimum Gasteiger partial charge on any atom is -0.380 e. The Morgan fingerprint density at radius 3 is 2.80 bits per heavy atom. The van der Waals surface area contributed by atoms with Crippen LogP contribution < -0.4 is 5.32 Å². The van der Waals surface area contributed by atoms with Gasteiger partial charge in [0, 0.05) is 12.3 Å². The minimum absolute atomic E-state index is 0.0375. The van der Waals surface area contributed by atoms with Gasteiger partial charge in [-0.3, -0.25) is 0 Å². The number of hydrogen-bond acceptors (Lipinski definition) is 4. The number of nitrogens with zero attached hydrogens (tertiary/aromatic N) is 1. The van der Waals surface area contributed by atoms with Crippen molar-refractivity contribution in [2.75, 3.05) is 11.6 Å². The van der Waals surface area contributed by atoms with Gasteiger partial charge in [-0.15, -0.1) is 0 Å². The van der Waals surface area contributed by atoms with Crippen LogP contribution in [0.3, 0.4) is 0 Å². The van der Waals surface area contributed by atoms with E-state index in [9.17, 15) is 8.42 Å². The minimum atomic E-state index is -3.01. The van der Waals surface area contributed by atoms with Crippen LogP contribution in [0.2, 0.25) is 5.02 Å². The van der Waals surface area contributed by atoms with E-state index in [1.807, 2.05) is 0 Å². The molecule has 0 spiro atoms. The third-order valence-corrected chi connectivity index (χ3v) is 5.67. The maximum atomic E-state index is 11.7. The zero-order chi connectivity index (χ0) is 14.8. The van der Waals surface area contributed by atoms with E-state index >= 15 is 0 Å². The van der Waals surface area contributed by atoms with Crippen molar-refractivity contribution in [3.8, 4) is 6.07 Å². The van der Waals surface area contributed by atoms with E-state index in [1.165, 1.54) is 6.26 Å². The number of hydrogen-bond donors (Lipinski definition) is 1. The molecule has 1 aromatic carbocycles. The van der Waals surface area contributed by atoms with E-state index in [-0.39, 0.29) is 11.3 Å². The molecule has 0 bridgehead atoms. The van der Waals surface area contributed by atoms with Crippen LogP contribution >= 0.6 is 11.6 Å². The lowest BCUT2D eigenvalue weighted by molar-refractivity contribution is 0.453. The van der Waals surface area contributed by atoms with Gasteiger partial charge in [0.2, 0.25) is 0 Å². The monoisotopic (exact) mass is 312 g/mol. The van der Waals surface area contributed by atoms with E-state index in [0.29, 0.717) is 29.1 Å². The molecular weight excluding hydrogens is 296 g/mol. The van der Waals surface area contributed by atoms with Gasteiger partial charge in [0.1, 0.15) is 15.9 Å². The molecule has 20 heavy (non-hydrogen) atoms. The Labute approximate surface area is 124 Å². The van der Waals surface area contributed by atoms with Gasteiger partial charge in [0.25, 0.3) is 0 Å². The molecule has 0 unspecified atom stereocenters. The second kappa shape index (κ2) is 6.02.